The summed E-state index contributed by atoms with van der Waals surface area (Å²) in [5.41, 5.74) is 4.61. The molecule has 3 rings (SSSR count). The summed E-state index contributed by atoms with van der Waals surface area (Å²) >= 11 is 9.65. The van der Waals surface area contributed by atoms with Crippen LogP contribution >= 0.6 is 27.5 Å². The van der Waals surface area contributed by atoms with Crippen molar-refractivity contribution in [3.8, 4) is 16.9 Å². The van der Waals surface area contributed by atoms with Gasteiger partial charge in [0.2, 0.25) is 0 Å². The van der Waals surface area contributed by atoms with E-state index in [-0.39, 0.29) is 0 Å². The molecule has 0 fully saturated rings. The molecule has 3 heteroatoms. The van der Waals surface area contributed by atoms with E-state index in [1.54, 1.807) is 0 Å². The normalized spacial score (nSPS) is 10.8. The van der Waals surface area contributed by atoms with Crippen molar-refractivity contribution in [3.63, 3.8) is 0 Å². The van der Waals surface area contributed by atoms with E-state index in [0.29, 0.717) is 0 Å². The summed E-state index contributed by atoms with van der Waals surface area (Å²) in [5.74, 6) is 0. The zero-order valence-electron chi connectivity index (χ0n) is 11.0. The number of hydrogen-bond acceptors (Lipinski definition) is 0. The Balaban J connectivity index is 2.19. The average molecular weight is 347 g/mol. The molecule has 100 valence electrons. The molecule has 0 amide bonds. The minimum Gasteiger partial charge on any atom is -0.314 e. The van der Waals surface area contributed by atoms with Gasteiger partial charge in [0.25, 0.3) is 0 Å². The average Bonchev–Trinajstić information content (AvgIpc) is 2.85. The third-order valence-electron chi connectivity index (χ3n) is 3.31. The van der Waals surface area contributed by atoms with Crippen LogP contribution in [-0.4, -0.2) is 4.57 Å². The molecule has 1 aromatic heterocycles. The molecule has 0 aliphatic carbocycles. The summed E-state index contributed by atoms with van der Waals surface area (Å²) in [6, 6.07) is 20.6. The van der Waals surface area contributed by atoms with E-state index in [1.807, 2.05) is 18.2 Å². The van der Waals surface area contributed by atoms with E-state index in [4.69, 9.17) is 11.6 Å². The molecule has 1 heterocycles. The third kappa shape index (κ3) is 2.41. The smallest absolute Gasteiger partial charge is 0.0568 e. The van der Waals surface area contributed by atoms with E-state index >= 15 is 0 Å². The van der Waals surface area contributed by atoms with Crippen LogP contribution in [-0.2, 0) is 0 Å². The van der Waals surface area contributed by atoms with Crippen LogP contribution in [0, 0.1) is 6.92 Å². The number of aromatic nitrogens is 1. The van der Waals surface area contributed by atoms with Crippen molar-refractivity contribution in [2.24, 2.45) is 0 Å². The maximum Gasteiger partial charge on any atom is 0.0568 e. The highest BCUT2D eigenvalue weighted by atomic mass is 79.9. The van der Waals surface area contributed by atoms with Gasteiger partial charge in [0.05, 0.1) is 10.7 Å². The lowest BCUT2D eigenvalue weighted by Gasteiger charge is -2.13. The number of benzene rings is 2. The predicted octanol–water partition coefficient (Wildman–Crippen LogP) is 5.87. The Morgan fingerprint density at radius 3 is 2.40 bits per heavy atom. The van der Waals surface area contributed by atoms with Crippen LogP contribution in [0.15, 0.2) is 65.1 Å². The first kappa shape index (κ1) is 13.5. The minimum absolute atomic E-state index is 0.717. The lowest BCUT2D eigenvalue weighted by molar-refractivity contribution is 1.02. The van der Waals surface area contributed by atoms with Crippen molar-refractivity contribution in [2.75, 3.05) is 0 Å². The zero-order valence-corrected chi connectivity index (χ0v) is 13.3. The maximum atomic E-state index is 6.22. The summed E-state index contributed by atoms with van der Waals surface area (Å²) in [5, 5.41) is 0.717. The molecule has 0 aliphatic rings. The van der Waals surface area contributed by atoms with Crippen molar-refractivity contribution in [1.82, 2.24) is 4.57 Å². The second-order valence-electron chi connectivity index (χ2n) is 4.66. The fourth-order valence-corrected chi connectivity index (χ4v) is 2.76. The van der Waals surface area contributed by atoms with Gasteiger partial charge in [0.1, 0.15) is 0 Å². The van der Waals surface area contributed by atoms with Crippen LogP contribution in [0.1, 0.15) is 5.69 Å². The van der Waals surface area contributed by atoms with Gasteiger partial charge in [-0.05, 0) is 58.7 Å². The van der Waals surface area contributed by atoms with Crippen LogP contribution in [0.4, 0.5) is 0 Å². The molecule has 0 unspecified atom stereocenters. The molecular formula is C17H13BrClN. The summed E-state index contributed by atoms with van der Waals surface area (Å²) in [6.45, 7) is 2.10. The summed E-state index contributed by atoms with van der Waals surface area (Å²) in [4.78, 5) is 0. The highest BCUT2D eigenvalue weighted by Crippen LogP contribution is 2.30. The molecule has 0 N–H and O–H groups in total. The second-order valence-corrected chi connectivity index (χ2v) is 5.92. The van der Waals surface area contributed by atoms with Crippen LogP contribution in [0.25, 0.3) is 16.9 Å². The Hall–Kier alpha value is -1.51. The largest absolute Gasteiger partial charge is 0.314 e. The van der Waals surface area contributed by atoms with E-state index in [1.165, 1.54) is 17.0 Å². The molecule has 0 bridgehead atoms. The molecule has 20 heavy (non-hydrogen) atoms. The second kappa shape index (κ2) is 5.47. The number of aryl methyl sites for hydroxylation is 1. The van der Waals surface area contributed by atoms with Gasteiger partial charge in [-0.15, -0.1) is 0 Å². The molecule has 0 spiro atoms. The highest BCUT2D eigenvalue weighted by molar-refractivity contribution is 9.10. The summed E-state index contributed by atoms with van der Waals surface area (Å²) in [6.07, 6.45) is 0. The standard InChI is InChI=1S/C17H13BrClN/c1-12-7-10-17(13-5-3-2-4-6-13)20(12)14-8-9-15(18)16(19)11-14/h2-11H,1H3. The molecule has 0 saturated heterocycles. The summed E-state index contributed by atoms with van der Waals surface area (Å²) < 4.78 is 3.13. The number of nitrogens with zero attached hydrogens (tertiary/aromatic N) is 1. The van der Waals surface area contributed by atoms with Crippen LogP contribution in [0.5, 0.6) is 0 Å². The molecule has 3 aromatic rings. The zero-order chi connectivity index (χ0) is 14.1. The van der Waals surface area contributed by atoms with Gasteiger partial charge in [-0.2, -0.15) is 0 Å². The molecule has 0 aliphatic heterocycles. The molecule has 1 nitrogen and oxygen atoms in total. The first-order valence-electron chi connectivity index (χ1n) is 6.36. The van der Waals surface area contributed by atoms with Crippen molar-refractivity contribution in [3.05, 3.63) is 75.9 Å². The molecular weight excluding hydrogens is 334 g/mol. The van der Waals surface area contributed by atoms with Gasteiger partial charge in [-0.1, -0.05) is 41.9 Å². The van der Waals surface area contributed by atoms with Gasteiger partial charge >= 0.3 is 0 Å². The maximum absolute atomic E-state index is 6.22. The Morgan fingerprint density at radius 1 is 0.950 bits per heavy atom. The van der Waals surface area contributed by atoms with Crippen LogP contribution in [0.3, 0.4) is 0 Å². The van der Waals surface area contributed by atoms with Crippen LogP contribution < -0.4 is 0 Å². The molecule has 0 atom stereocenters. The molecule has 2 aromatic carbocycles. The van der Waals surface area contributed by atoms with Gasteiger partial charge in [0.15, 0.2) is 0 Å². The topological polar surface area (TPSA) is 4.93 Å². The van der Waals surface area contributed by atoms with Gasteiger partial charge in [-0.3, -0.25) is 0 Å². The Bertz CT molecular complexity index is 747. The number of halogens is 2. The van der Waals surface area contributed by atoms with E-state index < -0.39 is 0 Å². The van der Waals surface area contributed by atoms with Crippen molar-refractivity contribution in [1.29, 1.82) is 0 Å². The number of rotatable bonds is 2. The van der Waals surface area contributed by atoms with Crippen molar-refractivity contribution in [2.45, 2.75) is 6.92 Å². The molecule has 0 radical (unpaired) electrons. The van der Waals surface area contributed by atoms with E-state index in [0.717, 1.165) is 15.2 Å². The lowest BCUT2D eigenvalue weighted by atomic mass is 10.1. The lowest BCUT2D eigenvalue weighted by Crippen LogP contribution is -1.98. The fourth-order valence-electron chi connectivity index (χ4n) is 2.34. The first-order chi connectivity index (χ1) is 9.66. The van der Waals surface area contributed by atoms with Gasteiger partial charge in [0, 0.05) is 15.9 Å². The van der Waals surface area contributed by atoms with Crippen molar-refractivity contribution < 1.29 is 0 Å². The quantitative estimate of drug-likeness (QED) is 0.547. The fraction of sp³-hybridized carbons (Fsp3) is 0.0588. The Labute approximate surface area is 132 Å². The predicted molar refractivity (Wildman–Crippen MR) is 88.7 cm³/mol. The molecule has 0 saturated carbocycles. The van der Waals surface area contributed by atoms with E-state index in [2.05, 4.69) is 69.9 Å². The number of hydrogen-bond donors (Lipinski definition) is 0. The van der Waals surface area contributed by atoms with Crippen molar-refractivity contribution >= 4 is 27.5 Å². The summed E-state index contributed by atoms with van der Waals surface area (Å²) in [7, 11) is 0. The third-order valence-corrected chi connectivity index (χ3v) is 4.54. The van der Waals surface area contributed by atoms with Gasteiger partial charge in [-0.25, -0.2) is 0 Å². The monoisotopic (exact) mass is 345 g/mol. The van der Waals surface area contributed by atoms with Crippen LogP contribution in [0.2, 0.25) is 5.02 Å². The Morgan fingerprint density at radius 2 is 1.70 bits per heavy atom. The first-order valence-corrected chi connectivity index (χ1v) is 7.53. The SMILES string of the molecule is Cc1ccc(-c2ccccc2)n1-c1ccc(Br)c(Cl)c1. The van der Waals surface area contributed by atoms with E-state index in [9.17, 15) is 0 Å². The minimum atomic E-state index is 0.717. The Kier molecular flexibility index (Phi) is 3.68. The highest BCUT2D eigenvalue weighted by Gasteiger charge is 2.10. The van der Waals surface area contributed by atoms with Gasteiger partial charge < -0.3 is 4.57 Å².